The summed E-state index contributed by atoms with van der Waals surface area (Å²) in [5.41, 5.74) is 0.999. The number of piperazine rings is 1. The van der Waals surface area contributed by atoms with Gasteiger partial charge in [0.15, 0.2) is 0 Å². The van der Waals surface area contributed by atoms with Gasteiger partial charge in [-0.05, 0) is 12.1 Å². The van der Waals surface area contributed by atoms with Gasteiger partial charge in [0.25, 0.3) is 5.91 Å². The molecule has 0 saturated carbocycles. The molecule has 7 nitrogen and oxygen atoms in total. The summed E-state index contributed by atoms with van der Waals surface area (Å²) in [6.07, 6.45) is 2.95. The molecule has 1 aromatic heterocycles. The number of halogens is 1. The van der Waals surface area contributed by atoms with Crippen LogP contribution in [0.4, 0.5) is 11.5 Å². The Kier molecular flexibility index (Phi) is 5.14. The van der Waals surface area contributed by atoms with Crippen molar-refractivity contribution in [3.8, 4) is 0 Å². The van der Waals surface area contributed by atoms with Crippen LogP contribution in [0.3, 0.4) is 0 Å². The minimum Gasteiger partial charge on any atom is -0.339 e. The second-order valence-electron chi connectivity index (χ2n) is 5.69. The topological polar surface area (TPSA) is 78.4 Å². The van der Waals surface area contributed by atoms with Crippen LogP contribution in [-0.4, -0.2) is 57.8 Å². The van der Waals surface area contributed by atoms with Crippen molar-refractivity contribution in [2.24, 2.45) is 0 Å². The van der Waals surface area contributed by atoms with Gasteiger partial charge in [0.2, 0.25) is 5.91 Å². The first-order valence-corrected chi connectivity index (χ1v) is 8.31. The lowest BCUT2D eigenvalue weighted by Crippen LogP contribution is -2.50. The molecule has 0 bridgehead atoms. The Morgan fingerprint density at radius 3 is 2.32 bits per heavy atom. The SMILES string of the molecule is CC(=O)N1CCN(C(=O)c2cnc(Nc3ccccc3Cl)cn2)CC1. The van der Waals surface area contributed by atoms with Crippen molar-refractivity contribution in [3.05, 3.63) is 47.4 Å². The molecule has 0 aliphatic carbocycles. The van der Waals surface area contributed by atoms with E-state index in [-0.39, 0.29) is 17.5 Å². The third-order valence-electron chi connectivity index (χ3n) is 4.02. The molecule has 1 N–H and O–H groups in total. The number of nitrogens with one attached hydrogen (secondary N) is 1. The van der Waals surface area contributed by atoms with Gasteiger partial charge in [0, 0.05) is 33.1 Å². The average molecular weight is 360 g/mol. The number of nitrogens with zero attached hydrogens (tertiary/aromatic N) is 4. The summed E-state index contributed by atoms with van der Waals surface area (Å²) in [6, 6.07) is 7.31. The number of para-hydroxylation sites is 1. The fourth-order valence-electron chi connectivity index (χ4n) is 2.59. The predicted octanol–water partition coefficient (Wildman–Crippen LogP) is 2.18. The van der Waals surface area contributed by atoms with Crippen LogP contribution in [-0.2, 0) is 4.79 Å². The van der Waals surface area contributed by atoms with E-state index in [1.165, 1.54) is 19.3 Å². The Bertz CT molecular complexity index is 773. The molecule has 1 fully saturated rings. The summed E-state index contributed by atoms with van der Waals surface area (Å²) in [5, 5.41) is 3.64. The zero-order valence-corrected chi connectivity index (χ0v) is 14.5. The Balaban J connectivity index is 1.63. The summed E-state index contributed by atoms with van der Waals surface area (Å²) >= 11 is 6.09. The number of hydrogen-bond acceptors (Lipinski definition) is 5. The van der Waals surface area contributed by atoms with Gasteiger partial charge in [-0.15, -0.1) is 0 Å². The Labute approximate surface area is 150 Å². The highest BCUT2D eigenvalue weighted by Gasteiger charge is 2.24. The smallest absolute Gasteiger partial charge is 0.274 e. The van der Waals surface area contributed by atoms with Crippen molar-refractivity contribution in [2.45, 2.75) is 6.92 Å². The van der Waals surface area contributed by atoms with E-state index in [4.69, 9.17) is 11.6 Å². The molecular weight excluding hydrogens is 342 g/mol. The number of aromatic nitrogens is 2. The lowest BCUT2D eigenvalue weighted by molar-refractivity contribution is -0.130. The Morgan fingerprint density at radius 2 is 1.72 bits per heavy atom. The summed E-state index contributed by atoms with van der Waals surface area (Å²) in [7, 11) is 0. The van der Waals surface area contributed by atoms with E-state index in [0.29, 0.717) is 37.0 Å². The third-order valence-corrected chi connectivity index (χ3v) is 4.35. The Morgan fingerprint density at radius 1 is 1.04 bits per heavy atom. The van der Waals surface area contributed by atoms with Crippen molar-refractivity contribution < 1.29 is 9.59 Å². The standard InChI is InChI=1S/C17H18ClN5O2/c1-12(24)22-6-8-23(9-7-22)17(25)15-10-20-16(11-19-15)21-14-5-3-2-4-13(14)18/h2-5,10-11H,6-9H2,1H3,(H,20,21). The van der Waals surface area contributed by atoms with Crippen LogP contribution in [0.2, 0.25) is 5.02 Å². The summed E-state index contributed by atoms with van der Waals surface area (Å²) in [6.45, 7) is 3.62. The summed E-state index contributed by atoms with van der Waals surface area (Å²) in [5.74, 6) is 0.355. The largest absolute Gasteiger partial charge is 0.339 e. The molecule has 130 valence electrons. The van der Waals surface area contributed by atoms with E-state index >= 15 is 0 Å². The van der Waals surface area contributed by atoms with Gasteiger partial charge >= 0.3 is 0 Å². The number of carbonyl (C=O) groups is 2. The van der Waals surface area contributed by atoms with E-state index in [1.54, 1.807) is 15.9 Å². The quantitative estimate of drug-likeness (QED) is 0.908. The van der Waals surface area contributed by atoms with Gasteiger partial charge in [-0.1, -0.05) is 23.7 Å². The molecule has 1 aliphatic heterocycles. The van der Waals surface area contributed by atoms with Gasteiger partial charge in [0.1, 0.15) is 11.5 Å². The molecule has 1 saturated heterocycles. The molecule has 2 aromatic rings. The number of benzene rings is 1. The second-order valence-corrected chi connectivity index (χ2v) is 6.10. The number of hydrogen-bond donors (Lipinski definition) is 1. The average Bonchev–Trinajstić information content (AvgIpc) is 2.64. The van der Waals surface area contributed by atoms with Gasteiger partial charge < -0.3 is 15.1 Å². The minimum absolute atomic E-state index is 0.0295. The molecule has 3 rings (SSSR count). The number of rotatable bonds is 3. The van der Waals surface area contributed by atoms with Crippen molar-refractivity contribution in [1.82, 2.24) is 19.8 Å². The molecule has 0 radical (unpaired) electrons. The molecule has 2 heterocycles. The zero-order chi connectivity index (χ0) is 17.8. The summed E-state index contributed by atoms with van der Waals surface area (Å²) < 4.78 is 0. The van der Waals surface area contributed by atoms with Crippen LogP contribution >= 0.6 is 11.6 Å². The maximum Gasteiger partial charge on any atom is 0.274 e. The van der Waals surface area contributed by atoms with E-state index in [2.05, 4.69) is 15.3 Å². The number of anilines is 2. The molecule has 0 unspecified atom stereocenters. The van der Waals surface area contributed by atoms with Gasteiger partial charge in [-0.25, -0.2) is 9.97 Å². The van der Waals surface area contributed by atoms with Crippen molar-refractivity contribution >= 4 is 34.9 Å². The summed E-state index contributed by atoms with van der Waals surface area (Å²) in [4.78, 5) is 35.7. The molecule has 8 heteroatoms. The lowest BCUT2D eigenvalue weighted by atomic mass is 10.2. The highest BCUT2D eigenvalue weighted by molar-refractivity contribution is 6.33. The fraction of sp³-hybridized carbons (Fsp3) is 0.294. The second kappa shape index (κ2) is 7.48. The molecular formula is C17H18ClN5O2. The van der Waals surface area contributed by atoms with E-state index < -0.39 is 0 Å². The first kappa shape index (κ1) is 17.2. The highest BCUT2D eigenvalue weighted by atomic mass is 35.5. The van der Waals surface area contributed by atoms with Crippen molar-refractivity contribution in [3.63, 3.8) is 0 Å². The molecule has 1 aliphatic rings. The zero-order valence-electron chi connectivity index (χ0n) is 13.8. The van der Waals surface area contributed by atoms with Gasteiger partial charge in [-0.2, -0.15) is 0 Å². The highest BCUT2D eigenvalue weighted by Crippen LogP contribution is 2.23. The molecule has 25 heavy (non-hydrogen) atoms. The Hall–Kier alpha value is -2.67. The van der Waals surface area contributed by atoms with Crippen molar-refractivity contribution in [2.75, 3.05) is 31.5 Å². The maximum atomic E-state index is 12.5. The number of amides is 2. The first-order chi connectivity index (χ1) is 12.0. The van der Waals surface area contributed by atoms with Crippen LogP contribution in [0.15, 0.2) is 36.7 Å². The van der Waals surface area contributed by atoms with Crippen LogP contribution in [0, 0.1) is 0 Å². The molecule has 0 spiro atoms. The molecule has 0 atom stereocenters. The van der Waals surface area contributed by atoms with E-state index in [9.17, 15) is 9.59 Å². The van der Waals surface area contributed by atoms with Gasteiger partial charge in [0.05, 0.1) is 23.1 Å². The first-order valence-electron chi connectivity index (χ1n) is 7.93. The van der Waals surface area contributed by atoms with Crippen LogP contribution < -0.4 is 5.32 Å². The lowest BCUT2D eigenvalue weighted by Gasteiger charge is -2.33. The van der Waals surface area contributed by atoms with E-state index in [1.807, 2.05) is 18.2 Å². The number of carbonyl (C=O) groups excluding carboxylic acids is 2. The molecule has 1 aromatic carbocycles. The van der Waals surface area contributed by atoms with Crippen LogP contribution in [0.25, 0.3) is 0 Å². The molecule has 2 amide bonds. The van der Waals surface area contributed by atoms with Crippen molar-refractivity contribution in [1.29, 1.82) is 0 Å². The predicted molar refractivity (Wildman–Crippen MR) is 94.9 cm³/mol. The normalized spacial score (nSPS) is 14.3. The monoisotopic (exact) mass is 359 g/mol. The van der Waals surface area contributed by atoms with Gasteiger partial charge in [-0.3, -0.25) is 9.59 Å². The van der Waals surface area contributed by atoms with Crippen LogP contribution in [0.5, 0.6) is 0 Å². The third kappa shape index (κ3) is 4.06. The van der Waals surface area contributed by atoms with E-state index in [0.717, 1.165) is 5.69 Å². The maximum absolute atomic E-state index is 12.5. The fourth-order valence-corrected chi connectivity index (χ4v) is 2.77. The van der Waals surface area contributed by atoms with Crippen LogP contribution in [0.1, 0.15) is 17.4 Å². The minimum atomic E-state index is -0.181.